The highest BCUT2D eigenvalue weighted by atomic mass is 16.5. The fourth-order valence-electron chi connectivity index (χ4n) is 1.93. The van der Waals surface area contributed by atoms with Crippen molar-refractivity contribution >= 4 is 5.91 Å². The highest BCUT2D eigenvalue weighted by Gasteiger charge is 2.11. The van der Waals surface area contributed by atoms with E-state index >= 15 is 0 Å². The van der Waals surface area contributed by atoms with E-state index < -0.39 is 12.0 Å². The van der Waals surface area contributed by atoms with Gasteiger partial charge in [-0.25, -0.2) is 0 Å². The van der Waals surface area contributed by atoms with Crippen LogP contribution in [-0.2, 0) is 7.05 Å². The standard InChI is InChI=1S/C16H18N2O4/c1-18-8-7-12(9-15(18)20)16(21)17-10-14(19)11-3-5-13(22-2)6-4-11/h3-9,14,19H,10H2,1-2H3,(H,17,21)/t14-/m1/s1. The van der Waals surface area contributed by atoms with Gasteiger partial charge in [-0.15, -0.1) is 0 Å². The van der Waals surface area contributed by atoms with Gasteiger partial charge in [0.05, 0.1) is 13.2 Å². The zero-order valence-corrected chi connectivity index (χ0v) is 12.4. The molecular weight excluding hydrogens is 284 g/mol. The first-order chi connectivity index (χ1) is 10.5. The molecule has 0 radical (unpaired) electrons. The number of aliphatic hydroxyl groups excluding tert-OH is 1. The smallest absolute Gasteiger partial charge is 0.251 e. The van der Waals surface area contributed by atoms with Gasteiger partial charge in [-0.05, 0) is 23.8 Å². The minimum atomic E-state index is -0.832. The number of aromatic nitrogens is 1. The van der Waals surface area contributed by atoms with Gasteiger partial charge in [0, 0.05) is 31.4 Å². The van der Waals surface area contributed by atoms with Crippen LogP contribution in [0.2, 0.25) is 0 Å². The molecule has 0 aliphatic heterocycles. The van der Waals surface area contributed by atoms with Gasteiger partial charge in [0.25, 0.3) is 11.5 Å². The average Bonchev–Trinajstić information content (AvgIpc) is 2.54. The summed E-state index contributed by atoms with van der Waals surface area (Å²) in [6, 6.07) is 9.75. The van der Waals surface area contributed by atoms with E-state index in [0.717, 1.165) is 0 Å². The Morgan fingerprint density at radius 2 is 2.00 bits per heavy atom. The van der Waals surface area contributed by atoms with Crippen molar-refractivity contribution in [3.8, 4) is 5.75 Å². The van der Waals surface area contributed by atoms with Crippen molar-refractivity contribution in [2.24, 2.45) is 7.05 Å². The number of rotatable bonds is 5. The van der Waals surface area contributed by atoms with Crippen LogP contribution in [0.15, 0.2) is 47.4 Å². The number of nitrogens with one attached hydrogen (secondary N) is 1. The number of carbonyl (C=O) groups excluding carboxylic acids is 1. The molecule has 0 bridgehead atoms. The van der Waals surface area contributed by atoms with Gasteiger partial charge in [-0.1, -0.05) is 12.1 Å². The van der Waals surface area contributed by atoms with Crippen LogP contribution in [0.1, 0.15) is 22.0 Å². The quantitative estimate of drug-likeness (QED) is 0.858. The highest BCUT2D eigenvalue weighted by molar-refractivity contribution is 5.93. The molecule has 1 aromatic heterocycles. The molecule has 6 nitrogen and oxygen atoms in total. The first kappa shape index (κ1) is 15.8. The zero-order valence-electron chi connectivity index (χ0n) is 12.4. The molecule has 2 rings (SSSR count). The number of benzene rings is 1. The summed E-state index contributed by atoms with van der Waals surface area (Å²) in [6.07, 6.45) is 0.693. The van der Waals surface area contributed by atoms with E-state index in [9.17, 15) is 14.7 Å². The molecule has 0 aliphatic rings. The maximum absolute atomic E-state index is 12.0. The Kier molecular flexibility index (Phi) is 4.95. The Bertz CT molecular complexity index is 707. The highest BCUT2D eigenvalue weighted by Crippen LogP contribution is 2.17. The number of carbonyl (C=O) groups is 1. The van der Waals surface area contributed by atoms with E-state index in [1.165, 1.54) is 16.8 Å². The first-order valence-corrected chi connectivity index (χ1v) is 6.78. The fourth-order valence-corrected chi connectivity index (χ4v) is 1.93. The molecule has 2 N–H and O–H groups in total. The molecular formula is C16H18N2O4. The molecule has 1 aromatic carbocycles. The number of methoxy groups -OCH3 is 1. The number of aryl methyl sites for hydroxylation is 1. The number of hydrogen-bond donors (Lipinski definition) is 2. The third-order valence-electron chi connectivity index (χ3n) is 3.32. The topological polar surface area (TPSA) is 80.6 Å². The Hall–Kier alpha value is -2.60. The lowest BCUT2D eigenvalue weighted by Crippen LogP contribution is -2.29. The number of hydrogen-bond acceptors (Lipinski definition) is 4. The van der Waals surface area contributed by atoms with Crippen LogP contribution in [0.3, 0.4) is 0 Å². The van der Waals surface area contributed by atoms with Crippen LogP contribution < -0.4 is 15.6 Å². The Morgan fingerprint density at radius 1 is 1.32 bits per heavy atom. The molecule has 0 saturated carbocycles. The van der Waals surface area contributed by atoms with Gasteiger partial charge >= 0.3 is 0 Å². The van der Waals surface area contributed by atoms with Crippen molar-refractivity contribution in [1.29, 1.82) is 0 Å². The van der Waals surface area contributed by atoms with Crippen molar-refractivity contribution in [2.45, 2.75) is 6.10 Å². The molecule has 2 aromatic rings. The maximum atomic E-state index is 12.0. The second-order valence-electron chi connectivity index (χ2n) is 4.86. The monoisotopic (exact) mass is 302 g/mol. The molecule has 1 heterocycles. The zero-order chi connectivity index (χ0) is 16.1. The molecule has 0 spiro atoms. The number of aliphatic hydroxyl groups is 1. The summed E-state index contributed by atoms with van der Waals surface area (Å²) in [7, 11) is 3.17. The van der Waals surface area contributed by atoms with Gasteiger partial charge in [-0.3, -0.25) is 9.59 Å². The fraction of sp³-hybridized carbons (Fsp3) is 0.250. The van der Waals surface area contributed by atoms with Crippen LogP contribution in [0.25, 0.3) is 0 Å². The maximum Gasteiger partial charge on any atom is 0.251 e. The summed E-state index contributed by atoms with van der Waals surface area (Å²) in [5, 5.41) is 12.7. The molecule has 116 valence electrons. The third-order valence-corrected chi connectivity index (χ3v) is 3.32. The van der Waals surface area contributed by atoms with E-state index in [1.54, 1.807) is 44.5 Å². The Morgan fingerprint density at radius 3 is 2.59 bits per heavy atom. The molecule has 1 amide bonds. The second kappa shape index (κ2) is 6.91. The van der Waals surface area contributed by atoms with Crippen molar-refractivity contribution in [3.63, 3.8) is 0 Å². The number of nitrogens with zero attached hydrogens (tertiary/aromatic N) is 1. The summed E-state index contributed by atoms with van der Waals surface area (Å²) in [5.74, 6) is 0.297. The van der Waals surface area contributed by atoms with Crippen LogP contribution in [0.5, 0.6) is 5.75 Å². The van der Waals surface area contributed by atoms with Crippen LogP contribution in [-0.4, -0.2) is 29.2 Å². The summed E-state index contributed by atoms with van der Waals surface area (Å²) in [6.45, 7) is 0.0559. The summed E-state index contributed by atoms with van der Waals surface area (Å²) in [4.78, 5) is 23.4. The Balaban J connectivity index is 1.97. The van der Waals surface area contributed by atoms with Crippen molar-refractivity contribution in [2.75, 3.05) is 13.7 Å². The summed E-state index contributed by atoms with van der Waals surface area (Å²) >= 11 is 0. The predicted octanol–water partition coefficient (Wildman–Crippen LogP) is 0.857. The van der Waals surface area contributed by atoms with E-state index in [2.05, 4.69) is 5.32 Å². The van der Waals surface area contributed by atoms with E-state index in [4.69, 9.17) is 4.74 Å². The molecule has 1 atom stereocenters. The molecule has 0 aliphatic carbocycles. The normalized spacial score (nSPS) is 11.8. The van der Waals surface area contributed by atoms with Crippen molar-refractivity contribution in [3.05, 3.63) is 64.1 Å². The average molecular weight is 302 g/mol. The van der Waals surface area contributed by atoms with Crippen LogP contribution >= 0.6 is 0 Å². The lowest BCUT2D eigenvalue weighted by atomic mass is 10.1. The van der Waals surface area contributed by atoms with Gasteiger partial charge in [-0.2, -0.15) is 0 Å². The van der Waals surface area contributed by atoms with Crippen LogP contribution in [0.4, 0.5) is 0 Å². The van der Waals surface area contributed by atoms with Crippen LogP contribution in [0, 0.1) is 0 Å². The van der Waals surface area contributed by atoms with Gasteiger partial charge < -0.3 is 19.7 Å². The SMILES string of the molecule is COc1ccc([C@H](O)CNC(=O)c2ccn(C)c(=O)c2)cc1. The predicted molar refractivity (Wildman–Crippen MR) is 82.0 cm³/mol. The molecule has 22 heavy (non-hydrogen) atoms. The van der Waals surface area contributed by atoms with Crippen molar-refractivity contribution < 1.29 is 14.6 Å². The molecule has 6 heteroatoms. The second-order valence-corrected chi connectivity index (χ2v) is 4.86. The Labute approximate surface area is 128 Å². The summed E-state index contributed by atoms with van der Waals surface area (Å²) in [5.41, 5.74) is 0.679. The van der Waals surface area contributed by atoms with Gasteiger partial charge in [0.2, 0.25) is 0 Å². The first-order valence-electron chi connectivity index (χ1n) is 6.78. The number of amides is 1. The number of pyridine rings is 1. The minimum Gasteiger partial charge on any atom is -0.497 e. The lowest BCUT2D eigenvalue weighted by molar-refractivity contribution is 0.0916. The third kappa shape index (κ3) is 3.73. The molecule has 0 unspecified atom stereocenters. The van der Waals surface area contributed by atoms with Crippen molar-refractivity contribution in [1.82, 2.24) is 9.88 Å². The van der Waals surface area contributed by atoms with E-state index in [1.807, 2.05) is 0 Å². The molecule has 0 saturated heterocycles. The van der Waals surface area contributed by atoms with Gasteiger partial charge in [0.15, 0.2) is 0 Å². The van der Waals surface area contributed by atoms with E-state index in [-0.39, 0.29) is 17.7 Å². The minimum absolute atomic E-state index is 0.0559. The summed E-state index contributed by atoms with van der Waals surface area (Å²) < 4.78 is 6.42. The number of ether oxygens (including phenoxy) is 1. The molecule has 0 fully saturated rings. The van der Waals surface area contributed by atoms with Gasteiger partial charge in [0.1, 0.15) is 5.75 Å². The lowest BCUT2D eigenvalue weighted by Gasteiger charge is -2.13. The van der Waals surface area contributed by atoms with E-state index in [0.29, 0.717) is 11.3 Å². The largest absolute Gasteiger partial charge is 0.497 e.